The van der Waals surface area contributed by atoms with E-state index < -0.39 is 18.0 Å². The molecule has 3 atom stereocenters. The van der Waals surface area contributed by atoms with Gasteiger partial charge in [0.05, 0.1) is 12.0 Å². The summed E-state index contributed by atoms with van der Waals surface area (Å²) in [6.45, 7) is 0. The minimum absolute atomic E-state index is 0.298. The van der Waals surface area contributed by atoms with Crippen LogP contribution in [-0.4, -0.2) is 16.2 Å². The van der Waals surface area contributed by atoms with E-state index in [4.69, 9.17) is 0 Å². The molecule has 0 heterocycles. The Labute approximate surface area is 128 Å². The lowest BCUT2D eigenvalue weighted by Gasteiger charge is -2.30. The summed E-state index contributed by atoms with van der Waals surface area (Å²) in [5.41, 5.74) is 0.723. The molecule has 1 aromatic rings. The summed E-state index contributed by atoms with van der Waals surface area (Å²) in [4.78, 5) is 11.3. The molecule has 1 aliphatic carbocycles. The fourth-order valence-electron chi connectivity index (χ4n) is 2.44. The Hall–Kier alpha value is -0.650. The molecule has 2 rings (SSSR count). The van der Waals surface area contributed by atoms with Gasteiger partial charge in [-0.2, -0.15) is 0 Å². The van der Waals surface area contributed by atoms with Crippen molar-refractivity contribution in [2.45, 2.75) is 18.9 Å². The molecular weight excluding hydrogens is 376 g/mol. The maximum atomic E-state index is 11.3. The van der Waals surface area contributed by atoms with Gasteiger partial charge in [-0.05, 0) is 36.6 Å². The SMILES string of the molecule is O=C(O)C1CC=CCC1C(O)c1cc(Br)ccc1Br. The third-order valence-corrected chi connectivity index (χ3v) is 4.70. The molecule has 5 heteroatoms. The Balaban J connectivity index is 2.31. The van der Waals surface area contributed by atoms with Gasteiger partial charge in [-0.3, -0.25) is 4.79 Å². The third kappa shape index (κ3) is 3.27. The van der Waals surface area contributed by atoms with E-state index in [1.54, 1.807) is 0 Å². The van der Waals surface area contributed by atoms with Crippen molar-refractivity contribution in [1.82, 2.24) is 0 Å². The normalized spacial score (nSPS) is 24.2. The Morgan fingerprint density at radius 2 is 1.95 bits per heavy atom. The summed E-state index contributed by atoms with van der Waals surface area (Å²) in [6.07, 6.45) is 4.08. The van der Waals surface area contributed by atoms with Gasteiger partial charge in [-0.15, -0.1) is 0 Å². The van der Waals surface area contributed by atoms with Crippen molar-refractivity contribution in [2.75, 3.05) is 0 Å². The van der Waals surface area contributed by atoms with Gasteiger partial charge in [-0.1, -0.05) is 44.0 Å². The monoisotopic (exact) mass is 388 g/mol. The molecule has 3 nitrogen and oxygen atoms in total. The molecule has 1 aromatic carbocycles. The van der Waals surface area contributed by atoms with Crippen LogP contribution in [0.5, 0.6) is 0 Å². The molecule has 0 bridgehead atoms. The molecule has 3 unspecified atom stereocenters. The van der Waals surface area contributed by atoms with Crippen LogP contribution >= 0.6 is 31.9 Å². The standard InChI is InChI=1S/C14H14Br2O3/c15-8-5-6-12(16)11(7-8)13(17)9-3-1-2-4-10(9)14(18)19/h1-2,5-7,9-10,13,17H,3-4H2,(H,18,19). The first kappa shape index (κ1) is 14.8. The molecule has 19 heavy (non-hydrogen) atoms. The lowest BCUT2D eigenvalue weighted by molar-refractivity contribution is -0.145. The first-order valence-corrected chi connectivity index (χ1v) is 7.60. The highest BCUT2D eigenvalue weighted by molar-refractivity contribution is 9.11. The number of hydrogen-bond acceptors (Lipinski definition) is 2. The van der Waals surface area contributed by atoms with Gasteiger partial charge in [0.25, 0.3) is 0 Å². The molecule has 0 radical (unpaired) electrons. The van der Waals surface area contributed by atoms with E-state index in [9.17, 15) is 15.0 Å². The van der Waals surface area contributed by atoms with E-state index in [0.29, 0.717) is 12.8 Å². The number of carbonyl (C=O) groups is 1. The summed E-state index contributed by atoms with van der Waals surface area (Å²) >= 11 is 6.78. The molecule has 0 aromatic heterocycles. The van der Waals surface area contributed by atoms with Crippen LogP contribution in [0.15, 0.2) is 39.3 Å². The average Bonchev–Trinajstić information content (AvgIpc) is 2.40. The van der Waals surface area contributed by atoms with Gasteiger partial charge in [-0.25, -0.2) is 0 Å². The molecule has 0 spiro atoms. The molecule has 102 valence electrons. The van der Waals surface area contributed by atoms with E-state index in [-0.39, 0.29) is 5.92 Å². The average molecular weight is 390 g/mol. The van der Waals surface area contributed by atoms with Crippen molar-refractivity contribution in [3.05, 3.63) is 44.9 Å². The first-order chi connectivity index (χ1) is 9.00. The number of halogens is 2. The van der Waals surface area contributed by atoms with E-state index >= 15 is 0 Å². The van der Waals surface area contributed by atoms with Gasteiger partial charge in [0.2, 0.25) is 0 Å². The van der Waals surface area contributed by atoms with Crippen molar-refractivity contribution >= 4 is 37.8 Å². The van der Waals surface area contributed by atoms with Crippen molar-refractivity contribution in [3.8, 4) is 0 Å². The maximum absolute atomic E-state index is 11.3. The minimum atomic E-state index is -0.848. The van der Waals surface area contributed by atoms with Crippen LogP contribution in [0.25, 0.3) is 0 Å². The molecule has 0 saturated heterocycles. The highest BCUT2D eigenvalue weighted by Crippen LogP contribution is 2.39. The van der Waals surface area contributed by atoms with Gasteiger partial charge in [0.15, 0.2) is 0 Å². The smallest absolute Gasteiger partial charge is 0.307 e. The predicted molar refractivity (Wildman–Crippen MR) is 79.8 cm³/mol. The molecule has 0 saturated carbocycles. The number of aliphatic carboxylic acids is 1. The Kier molecular flexibility index (Phi) is 4.81. The summed E-state index contributed by atoms with van der Waals surface area (Å²) in [5.74, 6) is -1.68. The van der Waals surface area contributed by atoms with Crippen LogP contribution in [0.4, 0.5) is 0 Å². The Morgan fingerprint density at radius 1 is 1.26 bits per heavy atom. The van der Waals surface area contributed by atoms with Gasteiger partial charge in [0, 0.05) is 14.9 Å². The number of allylic oxidation sites excluding steroid dienone is 2. The second-order valence-electron chi connectivity index (χ2n) is 4.66. The van der Waals surface area contributed by atoms with Gasteiger partial charge in [0.1, 0.15) is 0 Å². The second-order valence-corrected chi connectivity index (χ2v) is 6.43. The van der Waals surface area contributed by atoms with Crippen LogP contribution in [0.1, 0.15) is 24.5 Å². The van der Waals surface area contributed by atoms with Crippen LogP contribution in [0.3, 0.4) is 0 Å². The predicted octanol–water partition coefficient (Wildman–Crippen LogP) is 3.91. The van der Waals surface area contributed by atoms with Gasteiger partial charge < -0.3 is 10.2 Å². The summed E-state index contributed by atoms with van der Waals surface area (Å²) in [6, 6.07) is 5.54. The second kappa shape index (κ2) is 6.20. The molecule has 0 amide bonds. The maximum Gasteiger partial charge on any atom is 0.307 e. The number of aliphatic hydroxyl groups excluding tert-OH is 1. The zero-order valence-corrected chi connectivity index (χ0v) is 13.3. The fraction of sp³-hybridized carbons (Fsp3) is 0.357. The van der Waals surface area contributed by atoms with Crippen LogP contribution in [-0.2, 0) is 4.79 Å². The van der Waals surface area contributed by atoms with Gasteiger partial charge >= 0.3 is 5.97 Å². The fourth-order valence-corrected chi connectivity index (χ4v) is 3.30. The summed E-state index contributed by atoms with van der Waals surface area (Å²) in [5, 5.41) is 19.8. The number of aliphatic hydroxyl groups is 1. The largest absolute Gasteiger partial charge is 0.481 e. The van der Waals surface area contributed by atoms with E-state index in [1.165, 1.54) is 0 Å². The van der Waals surface area contributed by atoms with Crippen LogP contribution in [0, 0.1) is 11.8 Å². The zero-order valence-electron chi connectivity index (χ0n) is 10.1. The first-order valence-electron chi connectivity index (χ1n) is 6.01. The number of rotatable bonds is 3. The van der Waals surface area contributed by atoms with Crippen LogP contribution in [0.2, 0.25) is 0 Å². The minimum Gasteiger partial charge on any atom is -0.481 e. The highest BCUT2D eigenvalue weighted by Gasteiger charge is 2.35. The lowest BCUT2D eigenvalue weighted by Crippen LogP contribution is -2.30. The number of hydrogen-bond donors (Lipinski definition) is 2. The lowest BCUT2D eigenvalue weighted by atomic mass is 9.77. The molecule has 2 N–H and O–H groups in total. The van der Waals surface area contributed by atoms with Crippen LogP contribution < -0.4 is 0 Å². The molecule has 1 aliphatic rings. The van der Waals surface area contributed by atoms with Crippen molar-refractivity contribution in [3.63, 3.8) is 0 Å². The number of carboxylic acid groups (broad SMARTS) is 1. The Bertz CT molecular complexity index is 513. The quantitative estimate of drug-likeness (QED) is 0.770. The summed E-state index contributed by atoms with van der Waals surface area (Å²) < 4.78 is 1.66. The van der Waals surface area contributed by atoms with Crippen molar-refractivity contribution in [2.24, 2.45) is 11.8 Å². The molecular formula is C14H14Br2O3. The number of benzene rings is 1. The summed E-state index contributed by atoms with van der Waals surface area (Å²) in [7, 11) is 0. The highest BCUT2D eigenvalue weighted by atomic mass is 79.9. The topological polar surface area (TPSA) is 57.5 Å². The Morgan fingerprint density at radius 3 is 2.63 bits per heavy atom. The van der Waals surface area contributed by atoms with Crippen molar-refractivity contribution in [1.29, 1.82) is 0 Å². The third-order valence-electron chi connectivity index (χ3n) is 3.48. The molecule has 0 aliphatic heterocycles. The van der Waals surface area contributed by atoms with E-state index in [2.05, 4.69) is 31.9 Å². The van der Waals surface area contributed by atoms with E-state index in [0.717, 1.165) is 14.5 Å². The number of carboxylic acids is 1. The van der Waals surface area contributed by atoms with E-state index in [1.807, 2.05) is 30.4 Å². The molecule has 0 fully saturated rings. The van der Waals surface area contributed by atoms with Crippen molar-refractivity contribution < 1.29 is 15.0 Å². The zero-order chi connectivity index (χ0) is 14.0.